The predicted octanol–water partition coefficient (Wildman–Crippen LogP) is 2.09. The van der Waals surface area contributed by atoms with E-state index in [1.165, 1.54) is 24.9 Å². The number of hydrogen-bond donors (Lipinski definition) is 2. The predicted molar refractivity (Wildman–Crippen MR) is 66.3 cm³/mol. The minimum absolute atomic E-state index is 0.462. The first-order valence-corrected chi connectivity index (χ1v) is 6.32. The van der Waals surface area contributed by atoms with Crippen LogP contribution in [0, 0.1) is 5.41 Å². The largest absolute Gasteiger partial charge is 0.315 e. The molecular formula is C14H20N2. The lowest BCUT2D eigenvalue weighted by Crippen LogP contribution is -2.38. The molecule has 16 heavy (non-hydrogen) atoms. The van der Waals surface area contributed by atoms with Crippen LogP contribution < -0.4 is 10.6 Å². The van der Waals surface area contributed by atoms with Gasteiger partial charge in [0.15, 0.2) is 0 Å². The third-order valence-electron chi connectivity index (χ3n) is 4.21. The fourth-order valence-corrected chi connectivity index (χ4v) is 2.87. The Labute approximate surface area is 97.4 Å². The van der Waals surface area contributed by atoms with E-state index >= 15 is 0 Å². The van der Waals surface area contributed by atoms with Gasteiger partial charge >= 0.3 is 0 Å². The molecule has 1 spiro atoms. The van der Waals surface area contributed by atoms with E-state index in [2.05, 4.69) is 47.9 Å². The molecule has 0 unspecified atom stereocenters. The maximum atomic E-state index is 3.79. The van der Waals surface area contributed by atoms with Crippen LogP contribution in [-0.2, 0) is 0 Å². The summed E-state index contributed by atoms with van der Waals surface area (Å²) in [5.74, 6) is 0. The van der Waals surface area contributed by atoms with Crippen molar-refractivity contribution in [1.82, 2.24) is 10.6 Å². The van der Waals surface area contributed by atoms with Crippen molar-refractivity contribution in [2.75, 3.05) is 13.1 Å². The summed E-state index contributed by atoms with van der Waals surface area (Å²) in [6.07, 6.45) is 2.80. The molecule has 2 nitrogen and oxygen atoms in total. The van der Waals surface area contributed by atoms with E-state index < -0.39 is 0 Å². The van der Waals surface area contributed by atoms with Crippen molar-refractivity contribution in [3.05, 3.63) is 35.9 Å². The Hall–Kier alpha value is -0.860. The topological polar surface area (TPSA) is 24.1 Å². The van der Waals surface area contributed by atoms with Gasteiger partial charge in [0, 0.05) is 25.2 Å². The Morgan fingerprint density at radius 1 is 1.31 bits per heavy atom. The smallest absolute Gasteiger partial charge is 0.0295 e. The molecule has 2 aliphatic rings. The Balaban J connectivity index is 1.67. The molecule has 0 radical (unpaired) electrons. The summed E-state index contributed by atoms with van der Waals surface area (Å²) < 4.78 is 0. The molecule has 1 heterocycles. The summed E-state index contributed by atoms with van der Waals surface area (Å²) in [6, 6.07) is 11.9. The van der Waals surface area contributed by atoms with Gasteiger partial charge in [0.25, 0.3) is 0 Å². The first-order chi connectivity index (χ1) is 7.80. The summed E-state index contributed by atoms with van der Waals surface area (Å²) in [6.45, 7) is 4.62. The van der Waals surface area contributed by atoms with E-state index in [1.807, 2.05) is 0 Å². The molecular weight excluding hydrogens is 196 g/mol. The monoisotopic (exact) mass is 216 g/mol. The van der Waals surface area contributed by atoms with Gasteiger partial charge in [0.05, 0.1) is 0 Å². The standard InChI is InChI=1S/C14H20N2/c1-11(12-5-3-2-4-6-12)16-13-9-15-10-14(13)7-8-14/h2-6,11,13,15-16H,7-10H2,1H3/t11-,13+/m0/s1. The van der Waals surface area contributed by atoms with Crippen molar-refractivity contribution in [2.24, 2.45) is 5.41 Å². The van der Waals surface area contributed by atoms with Crippen molar-refractivity contribution < 1.29 is 0 Å². The summed E-state index contributed by atoms with van der Waals surface area (Å²) in [5.41, 5.74) is 1.99. The second-order valence-electron chi connectivity index (χ2n) is 5.34. The second-order valence-corrected chi connectivity index (χ2v) is 5.34. The molecule has 2 atom stereocenters. The summed E-state index contributed by atoms with van der Waals surface area (Å²) in [4.78, 5) is 0. The SMILES string of the molecule is C[C@H](N[C@@H]1CNCC12CC2)c1ccccc1. The van der Waals surface area contributed by atoms with Gasteiger partial charge in [0.2, 0.25) is 0 Å². The Morgan fingerprint density at radius 3 is 2.75 bits per heavy atom. The molecule has 0 bridgehead atoms. The lowest BCUT2D eigenvalue weighted by molar-refractivity contribution is 0.374. The third-order valence-corrected chi connectivity index (χ3v) is 4.21. The van der Waals surface area contributed by atoms with Crippen LogP contribution in [0.5, 0.6) is 0 Å². The highest BCUT2D eigenvalue weighted by Gasteiger charge is 2.52. The van der Waals surface area contributed by atoms with E-state index in [1.54, 1.807) is 0 Å². The molecule has 1 aromatic carbocycles. The molecule has 2 N–H and O–H groups in total. The van der Waals surface area contributed by atoms with Crippen LogP contribution in [0.25, 0.3) is 0 Å². The zero-order valence-electron chi connectivity index (χ0n) is 9.87. The number of hydrogen-bond acceptors (Lipinski definition) is 2. The Kier molecular flexibility index (Phi) is 2.49. The van der Waals surface area contributed by atoms with E-state index in [9.17, 15) is 0 Å². The van der Waals surface area contributed by atoms with Crippen LogP contribution in [0.2, 0.25) is 0 Å². The number of nitrogens with one attached hydrogen (secondary N) is 2. The van der Waals surface area contributed by atoms with Gasteiger partial charge in [-0.3, -0.25) is 0 Å². The van der Waals surface area contributed by atoms with Gasteiger partial charge in [-0.2, -0.15) is 0 Å². The van der Waals surface area contributed by atoms with Gasteiger partial charge < -0.3 is 10.6 Å². The molecule has 3 rings (SSSR count). The number of rotatable bonds is 3. The van der Waals surface area contributed by atoms with Gasteiger partial charge in [-0.15, -0.1) is 0 Å². The average Bonchev–Trinajstić information content (AvgIpc) is 2.99. The maximum absolute atomic E-state index is 3.79. The zero-order chi connectivity index (χ0) is 11.0. The minimum atomic E-state index is 0.462. The van der Waals surface area contributed by atoms with Crippen molar-refractivity contribution in [3.8, 4) is 0 Å². The quantitative estimate of drug-likeness (QED) is 0.808. The van der Waals surface area contributed by atoms with E-state index in [4.69, 9.17) is 0 Å². The van der Waals surface area contributed by atoms with Crippen LogP contribution in [0.1, 0.15) is 31.4 Å². The normalized spacial score (nSPS) is 28.2. The van der Waals surface area contributed by atoms with E-state index in [0.717, 1.165) is 6.54 Å². The first kappa shape index (κ1) is 10.3. The molecule has 86 valence electrons. The molecule has 1 aliphatic heterocycles. The highest BCUT2D eigenvalue weighted by Crippen LogP contribution is 2.50. The molecule has 2 fully saturated rings. The highest BCUT2D eigenvalue weighted by atomic mass is 15.1. The Bertz CT molecular complexity index is 356. The van der Waals surface area contributed by atoms with Crippen molar-refractivity contribution >= 4 is 0 Å². The van der Waals surface area contributed by atoms with Crippen LogP contribution in [0.15, 0.2) is 30.3 Å². The average molecular weight is 216 g/mol. The lowest BCUT2D eigenvalue weighted by atomic mass is 9.98. The molecule has 2 heteroatoms. The van der Waals surface area contributed by atoms with Crippen molar-refractivity contribution in [2.45, 2.75) is 31.8 Å². The van der Waals surface area contributed by atoms with Gasteiger partial charge in [0.1, 0.15) is 0 Å². The molecule has 1 aliphatic carbocycles. The molecule has 1 aromatic rings. The first-order valence-electron chi connectivity index (χ1n) is 6.32. The van der Waals surface area contributed by atoms with Gasteiger partial charge in [-0.05, 0) is 30.7 Å². The van der Waals surface area contributed by atoms with Crippen LogP contribution >= 0.6 is 0 Å². The van der Waals surface area contributed by atoms with Gasteiger partial charge in [-0.25, -0.2) is 0 Å². The van der Waals surface area contributed by atoms with Crippen LogP contribution in [0.3, 0.4) is 0 Å². The lowest BCUT2D eigenvalue weighted by Gasteiger charge is -2.24. The maximum Gasteiger partial charge on any atom is 0.0295 e. The number of benzene rings is 1. The minimum Gasteiger partial charge on any atom is -0.315 e. The Morgan fingerprint density at radius 2 is 2.06 bits per heavy atom. The van der Waals surface area contributed by atoms with Crippen LogP contribution in [-0.4, -0.2) is 19.1 Å². The zero-order valence-corrected chi connectivity index (χ0v) is 9.87. The fraction of sp³-hybridized carbons (Fsp3) is 0.571. The van der Waals surface area contributed by atoms with E-state index in [-0.39, 0.29) is 0 Å². The fourth-order valence-electron chi connectivity index (χ4n) is 2.87. The molecule has 0 aromatic heterocycles. The summed E-state index contributed by atoms with van der Waals surface area (Å²) >= 11 is 0. The highest BCUT2D eigenvalue weighted by molar-refractivity contribution is 5.19. The third kappa shape index (κ3) is 1.76. The molecule has 0 amide bonds. The van der Waals surface area contributed by atoms with Crippen LogP contribution in [0.4, 0.5) is 0 Å². The second kappa shape index (κ2) is 3.86. The molecule has 1 saturated heterocycles. The molecule has 1 saturated carbocycles. The van der Waals surface area contributed by atoms with Gasteiger partial charge in [-0.1, -0.05) is 30.3 Å². The summed E-state index contributed by atoms with van der Waals surface area (Å²) in [5, 5.41) is 7.30. The van der Waals surface area contributed by atoms with Crippen molar-refractivity contribution in [1.29, 1.82) is 0 Å². The van der Waals surface area contributed by atoms with E-state index in [0.29, 0.717) is 17.5 Å². The van der Waals surface area contributed by atoms with Crippen molar-refractivity contribution in [3.63, 3.8) is 0 Å². The summed E-state index contributed by atoms with van der Waals surface area (Å²) in [7, 11) is 0.